The largest absolute Gasteiger partial charge is 0.397 e. The van der Waals surface area contributed by atoms with Crippen molar-refractivity contribution in [3.05, 3.63) is 12.2 Å². The number of allylic oxidation sites excluding steroid dienone is 1. The number of hydrogen-bond acceptors (Lipinski definition) is 10. The Hall–Kier alpha value is -1.16. The number of nitrogens with one attached hydrogen (secondary N) is 1. The summed E-state index contributed by atoms with van der Waals surface area (Å²) in [5, 5.41) is 43.0. The van der Waals surface area contributed by atoms with Gasteiger partial charge in [0.15, 0.2) is 6.29 Å². The minimum atomic E-state index is -5.05. The van der Waals surface area contributed by atoms with E-state index in [0.29, 0.717) is 0 Å². The fourth-order valence-electron chi connectivity index (χ4n) is 4.43. The van der Waals surface area contributed by atoms with Gasteiger partial charge in [-0.3, -0.25) is 9.35 Å². The third kappa shape index (κ3) is 15.4. The van der Waals surface area contributed by atoms with E-state index in [4.69, 9.17) is 14.0 Å². The van der Waals surface area contributed by atoms with Crippen LogP contribution in [0.15, 0.2) is 12.2 Å². The second-order valence-corrected chi connectivity index (χ2v) is 11.1. The smallest absolute Gasteiger partial charge is 0.394 e. The molecule has 1 saturated heterocycles. The molecule has 13 heteroatoms. The van der Waals surface area contributed by atoms with Crippen molar-refractivity contribution in [2.75, 3.05) is 13.2 Å². The van der Waals surface area contributed by atoms with Crippen LogP contribution in [0.3, 0.4) is 0 Å². The lowest BCUT2D eigenvalue weighted by Gasteiger charge is -2.41. The maximum absolute atomic E-state index is 11.6. The van der Waals surface area contributed by atoms with Crippen LogP contribution in [0.25, 0.3) is 0 Å². The molecule has 0 aromatic heterocycles. The number of amides is 1. The van der Waals surface area contributed by atoms with Gasteiger partial charge in [0.1, 0.15) is 24.4 Å². The van der Waals surface area contributed by atoms with Gasteiger partial charge in [0.25, 0.3) is 0 Å². The SMILES string of the molecule is CCCCCCCCCCCCCC=CC(O)C(COC1OC(CO)C(O)C(OS(=O)(=O)O)C1O)NC(C)=O. The van der Waals surface area contributed by atoms with E-state index < -0.39 is 65.8 Å². The molecule has 12 nitrogen and oxygen atoms in total. The molecular formula is C26H49NO11S. The summed E-state index contributed by atoms with van der Waals surface area (Å²) in [6, 6.07) is -0.938. The maximum Gasteiger partial charge on any atom is 0.397 e. The third-order valence-corrected chi connectivity index (χ3v) is 7.07. The van der Waals surface area contributed by atoms with Gasteiger partial charge < -0.3 is 35.2 Å². The van der Waals surface area contributed by atoms with Crippen LogP contribution in [-0.4, -0.2) is 95.4 Å². The van der Waals surface area contributed by atoms with Crippen LogP contribution in [0.5, 0.6) is 0 Å². The molecule has 0 saturated carbocycles. The summed E-state index contributed by atoms with van der Waals surface area (Å²) in [6.07, 6.45) is 8.05. The first-order chi connectivity index (χ1) is 18.5. The Labute approximate surface area is 232 Å². The average molecular weight is 584 g/mol. The monoisotopic (exact) mass is 583 g/mol. The highest BCUT2D eigenvalue weighted by Crippen LogP contribution is 2.25. The first-order valence-corrected chi connectivity index (χ1v) is 15.4. The molecule has 1 rings (SSSR count). The number of aliphatic hydroxyl groups is 4. The highest BCUT2D eigenvalue weighted by molar-refractivity contribution is 7.80. The predicted molar refractivity (Wildman–Crippen MR) is 144 cm³/mol. The summed E-state index contributed by atoms with van der Waals surface area (Å²) >= 11 is 0. The van der Waals surface area contributed by atoms with Gasteiger partial charge in [0.2, 0.25) is 5.91 Å². The molecule has 39 heavy (non-hydrogen) atoms. The predicted octanol–water partition coefficient (Wildman–Crippen LogP) is 1.75. The lowest BCUT2D eigenvalue weighted by molar-refractivity contribution is -0.298. The van der Waals surface area contributed by atoms with Gasteiger partial charge in [-0.1, -0.05) is 83.3 Å². The zero-order valence-corrected chi connectivity index (χ0v) is 24.0. The van der Waals surface area contributed by atoms with Gasteiger partial charge in [-0.2, -0.15) is 8.42 Å². The van der Waals surface area contributed by atoms with E-state index in [1.54, 1.807) is 6.08 Å². The summed E-state index contributed by atoms with van der Waals surface area (Å²) < 4.78 is 46.3. The zero-order chi connectivity index (χ0) is 29.3. The summed E-state index contributed by atoms with van der Waals surface area (Å²) in [5.74, 6) is -0.442. The second-order valence-electron chi connectivity index (χ2n) is 10.1. The lowest BCUT2D eigenvalue weighted by atomic mass is 9.99. The minimum Gasteiger partial charge on any atom is -0.394 e. The van der Waals surface area contributed by atoms with Crippen molar-refractivity contribution in [1.29, 1.82) is 0 Å². The topological polar surface area (TPSA) is 192 Å². The third-order valence-electron chi connectivity index (χ3n) is 6.60. The summed E-state index contributed by atoms with van der Waals surface area (Å²) in [4.78, 5) is 11.6. The Bertz CT molecular complexity index is 795. The molecule has 7 atom stereocenters. The molecule has 7 unspecified atom stereocenters. The molecule has 0 radical (unpaired) electrons. The Morgan fingerprint density at radius 1 is 1.00 bits per heavy atom. The number of carbonyl (C=O) groups is 1. The summed E-state index contributed by atoms with van der Waals surface area (Å²) in [5.41, 5.74) is 0. The standard InChI is InChI=1S/C26H49NO11S/c1-3-4-5-6-7-8-9-10-11-12-13-14-15-16-21(30)20(27-19(2)29)18-36-26-24(32)25(38-39(33,34)35)23(31)22(17-28)37-26/h15-16,20-26,28,30-32H,3-14,17-18H2,1-2H3,(H,27,29)(H,33,34,35). The molecule has 6 N–H and O–H groups in total. The molecule has 1 amide bonds. The molecule has 1 aliphatic rings. The molecule has 1 fully saturated rings. The van der Waals surface area contributed by atoms with Crippen molar-refractivity contribution in [1.82, 2.24) is 5.32 Å². The molecule has 0 bridgehead atoms. The van der Waals surface area contributed by atoms with Crippen LogP contribution in [0.2, 0.25) is 0 Å². The average Bonchev–Trinajstić information content (AvgIpc) is 2.87. The summed E-state index contributed by atoms with van der Waals surface area (Å²) in [6.45, 7) is 2.35. The van der Waals surface area contributed by atoms with Crippen LogP contribution < -0.4 is 5.32 Å². The molecule has 230 valence electrons. The fourth-order valence-corrected chi connectivity index (χ4v) is 4.93. The normalized spacial score (nSPS) is 25.6. The molecule has 0 spiro atoms. The van der Waals surface area contributed by atoms with Gasteiger partial charge in [-0.25, -0.2) is 4.18 Å². The maximum atomic E-state index is 11.6. The van der Waals surface area contributed by atoms with Gasteiger partial charge in [0.05, 0.1) is 25.4 Å². The van der Waals surface area contributed by atoms with Crippen LogP contribution >= 0.6 is 0 Å². The van der Waals surface area contributed by atoms with E-state index in [1.165, 1.54) is 64.7 Å². The number of aliphatic hydroxyl groups excluding tert-OH is 4. The van der Waals surface area contributed by atoms with E-state index in [-0.39, 0.29) is 6.61 Å². The van der Waals surface area contributed by atoms with Gasteiger partial charge in [-0.05, 0) is 12.8 Å². The Kier molecular flexibility index (Phi) is 18.2. The molecule has 0 aliphatic carbocycles. The van der Waals surface area contributed by atoms with E-state index >= 15 is 0 Å². The van der Waals surface area contributed by atoms with Crippen molar-refractivity contribution in [3.8, 4) is 0 Å². The fraction of sp³-hybridized carbons (Fsp3) is 0.885. The van der Waals surface area contributed by atoms with Crippen molar-refractivity contribution >= 4 is 16.3 Å². The van der Waals surface area contributed by atoms with E-state index in [9.17, 15) is 33.6 Å². The highest BCUT2D eigenvalue weighted by atomic mass is 32.3. The first kappa shape index (κ1) is 35.9. The van der Waals surface area contributed by atoms with Crippen LogP contribution in [0.1, 0.15) is 90.9 Å². The van der Waals surface area contributed by atoms with Gasteiger partial charge >= 0.3 is 10.4 Å². The molecule has 0 aromatic rings. The number of hydrogen-bond donors (Lipinski definition) is 6. The number of ether oxygens (including phenoxy) is 2. The van der Waals surface area contributed by atoms with Crippen LogP contribution in [-0.2, 0) is 28.9 Å². The van der Waals surface area contributed by atoms with Crippen molar-refractivity contribution < 1.29 is 51.8 Å². The Balaban J connectivity index is 2.49. The molecular weight excluding hydrogens is 534 g/mol. The molecule has 1 heterocycles. The minimum absolute atomic E-state index is 0.363. The van der Waals surface area contributed by atoms with E-state index in [1.807, 2.05) is 6.08 Å². The zero-order valence-electron chi connectivity index (χ0n) is 23.2. The van der Waals surface area contributed by atoms with Crippen LogP contribution in [0.4, 0.5) is 0 Å². The van der Waals surface area contributed by atoms with Crippen molar-refractivity contribution in [3.63, 3.8) is 0 Å². The highest BCUT2D eigenvalue weighted by Gasteiger charge is 2.48. The Morgan fingerprint density at radius 3 is 2.08 bits per heavy atom. The van der Waals surface area contributed by atoms with Gasteiger partial charge in [-0.15, -0.1) is 0 Å². The molecule has 0 aromatic carbocycles. The van der Waals surface area contributed by atoms with Crippen LogP contribution in [0, 0.1) is 0 Å². The van der Waals surface area contributed by atoms with E-state index in [0.717, 1.165) is 19.3 Å². The number of carbonyl (C=O) groups excluding carboxylic acids is 1. The second kappa shape index (κ2) is 19.8. The lowest BCUT2D eigenvalue weighted by Crippen LogP contribution is -2.61. The summed E-state index contributed by atoms with van der Waals surface area (Å²) in [7, 11) is -5.05. The van der Waals surface area contributed by atoms with E-state index in [2.05, 4.69) is 16.4 Å². The first-order valence-electron chi connectivity index (χ1n) is 14.0. The van der Waals surface area contributed by atoms with Gasteiger partial charge in [0, 0.05) is 6.92 Å². The quantitative estimate of drug-likeness (QED) is 0.0655. The van der Waals surface area contributed by atoms with Crippen molar-refractivity contribution in [2.24, 2.45) is 0 Å². The number of unbranched alkanes of at least 4 members (excludes halogenated alkanes) is 11. The Morgan fingerprint density at radius 2 is 1.56 bits per heavy atom. The number of rotatable bonds is 21. The molecule has 1 aliphatic heterocycles. The van der Waals surface area contributed by atoms with Crippen molar-refractivity contribution in [2.45, 2.75) is 134 Å².